The normalized spacial score (nSPS) is 10.5. The number of halogens is 1. The van der Waals surface area contributed by atoms with Crippen molar-refractivity contribution in [2.24, 2.45) is 5.73 Å². The monoisotopic (exact) mass is 234 g/mol. The van der Waals surface area contributed by atoms with Gasteiger partial charge in [0.2, 0.25) is 0 Å². The first-order chi connectivity index (χ1) is 6.58. The van der Waals surface area contributed by atoms with Gasteiger partial charge in [0.1, 0.15) is 0 Å². The van der Waals surface area contributed by atoms with Crippen molar-refractivity contribution in [1.82, 2.24) is 0 Å². The van der Waals surface area contributed by atoms with E-state index >= 15 is 0 Å². The number of rotatable bonds is 3. The zero-order chi connectivity index (χ0) is 10.6. The fraction of sp³-hybridized carbons (Fsp3) is 0. The fourth-order valence-corrected chi connectivity index (χ4v) is 1.28. The average Bonchev–Trinajstić information content (AvgIpc) is 2.07. The van der Waals surface area contributed by atoms with Gasteiger partial charge in [0.15, 0.2) is 5.75 Å². The van der Waals surface area contributed by atoms with Crippen molar-refractivity contribution < 1.29 is 18.4 Å². The minimum atomic E-state index is -2.57. The molecule has 0 aliphatic heterocycles. The number of hydrogen-bond donors (Lipinski definition) is 1. The van der Waals surface area contributed by atoms with Gasteiger partial charge in [-0.1, -0.05) is 11.6 Å². The highest BCUT2D eigenvalue weighted by Gasteiger charge is 2.26. The van der Waals surface area contributed by atoms with Crippen LogP contribution >= 0.6 is 19.9 Å². The Bertz CT molecular complexity index is 353. The van der Waals surface area contributed by atoms with E-state index < -0.39 is 14.3 Å². The summed E-state index contributed by atoms with van der Waals surface area (Å²) in [6.45, 7) is 0. The number of carbonyl (C=O) groups excluding carboxylic acids is 1. The highest BCUT2D eigenvalue weighted by Crippen LogP contribution is 2.28. The maximum Gasteiger partial charge on any atom is 0.810 e. The Labute approximate surface area is 85.7 Å². The van der Waals surface area contributed by atoms with Crippen LogP contribution in [0, 0.1) is 0 Å². The molecular formula is C7H6ClNO4P+. The molecule has 0 saturated heterocycles. The summed E-state index contributed by atoms with van der Waals surface area (Å²) in [5.41, 5.74) is 4.63. The summed E-state index contributed by atoms with van der Waals surface area (Å²) < 4.78 is 19.7. The Morgan fingerprint density at radius 3 is 2.43 bits per heavy atom. The molecule has 2 N–H and O–H groups in total. The van der Waals surface area contributed by atoms with Crippen molar-refractivity contribution in [3.63, 3.8) is 0 Å². The lowest BCUT2D eigenvalue weighted by Crippen LogP contribution is -2.09. The zero-order valence-corrected chi connectivity index (χ0v) is 8.50. The lowest BCUT2D eigenvalue weighted by atomic mass is 10.3. The zero-order valence-electron chi connectivity index (χ0n) is 6.84. The average molecular weight is 235 g/mol. The van der Waals surface area contributed by atoms with Gasteiger partial charge in [-0.2, -0.15) is 4.52 Å². The number of hydrogen-bond acceptors (Lipinski definition) is 4. The highest BCUT2D eigenvalue weighted by atomic mass is 35.5. The molecule has 0 spiro atoms. The first kappa shape index (κ1) is 10.8. The third-order valence-corrected chi connectivity index (χ3v) is 2.10. The molecule has 0 aromatic heterocycles. The van der Waals surface area contributed by atoms with E-state index in [1.54, 1.807) is 12.1 Å². The van der Waals surface area contributed by atoms with Gasteiger partial charge in [0.05, 0.1) is 0 Å². The topological polar surface area (TPSA) is 78.6 Å². The van der Waals surface area contributed by atoms with Crippen LogP contribution in [0.4, 0.5) is 4.79 Å². The summed E-state index contributed by atoms with van der Waals surface area (Å²) in [5, 5.41) is 0.517. The lowest BCUT2D eigenvalue weighted by Gasteiger charge is -1.91. The van der Waals surface area contributed by atoms with Crippen LogP contribution in [-0.2, 0) is 9.09 Å². The molecule has 0 bridgehead atoms. The molecule has 0 fully saturated rings. The molecule has 0 aliphatic rings. The van der Waals surface area contributed by atoms with Crippen molar-refractivity contribution in [3.8, 4) is 5.75 Å². The number of nitrogens with two attached hydrogens (primary N) is 1. The summed E-state index contributed by atoms with van der Waals surface area (Å²) >= 11 is 5.60. The molecule has 1 aromatic rings. The molecule has 0 aliphatic carbocycles. The van der Waals surface area contributed by atoms with Crippen LogP contribution in [0.2, 0.25) is 5.02 Å². The van der Waals surface area contributed by atoms with Crippen LogP contribution in [0.5, 0.6) is 5.75 Å². The highest BCUT2D eigenvalue weighted by molar-refractivity contribution is 7.34. The number of carbonyl (C=O) groups is 1. The van der Waals surface area contributed by atoms with Crippen molar-refractivity contribution in [2.45, 2.75) is 0 Å². The predicted octanol–water partition coefficient (Wildman–Crippen LogP) is 2.47. The second-order valence-corrected chi connectivity index (χ2v) is 3.43. The van der Waals surface area contributed by atoms with Gasteiger partial charge in [-0.3, -0.25) is 0 Å². The van der Waals surface area contributed by atoms with Gasteiger partial charge in [-0.25, -0.2) is 9.32 Å². The van der Waals surface area contributed by atoms with Crippen molar-refractivity contribution in [2.75, 3.05) is 0 Å². The second kappa shape index (κ2) is 4.79. The summed E-state index contributed by atoms with van der Waals surface area (Å²) in [4.78, 5) is 10.2. The molecule has 1 amide bonds. The van der Waals surface area contributed by atoms with Gasteiger partial charge in [0, 0.05) is 9.59 Å². The lowest BCUT2D eigenvalue weighted by molar-refractivity contribution is 0.208. The molecule has 1 aromatic carbocycles. The van der Waals surface area contributed by atoms with Gasteiger partial charge >= 0.3 is 14.3 Å². The third kappa shape index (κ3) is 3.60. The maximum absolute atomic E-state index is 10.9. The van der Waals surface area contributed by atoms with E-state index in [-0.39, 0.29) is 5.75 Å². The van der Waals surface area contributed by atoms with Gasteiger partial charge in [-0.05, 0) is 24.3 Å². The number of benzene rings is 1. The SMILES string of the molecule is NC(=O)O[P+](=O)Oc1ccc(Cl)cc1. The summed E-state index contributed by atoms with van der Waals surface area (Å²) in [7, 11) is -2.57. The van der Waals surface area contributed by atoms with Crippen LogP contribution in [0.3, 0.4) is 0 Å². The molecule has 74 valence electrons. The Hall–Kier alpha value is -1.32. The minimum absolute atomic E-state index is 0.275. The van der Waals surface area contributed by atoms with E-state index in [4.69, 9.17) is 16.1 Å². The largest absolute Gasteiger partial charge is 0.810 e. The van der Waals surface area contributed by atoms with Crippen LogP contribution in [0.25, 0.3) is 0 Å². The van der Waals surface area contributed by atoms with Gasteiger partial charge in [0.25, 0.3) is 0 Å². The Balaban J connectivity index is 2.56. The molecule has 0 radical (unpaired) electrons. The van der Waals surface area contributed by atoms with E-state index in [2.05, 4.69) is 10.3 Å². The fourth-order valence-electron chi connectivity index (χ4n) is 0.674. The molecular weight excluding hydrogens is 229 g/mol. The predicted molar refractivity (Wildman–Crippen MR) is 50.4 cm³/mol. The summed E-state index contributed by atoms with van der Waals surface area (Å²) in [6, 6.07) is 6.06. The number of primary amides is 1. The molecule has 1 rings (SSSR count). The number of amides is 1. The van der Waals surface area contributed by atoms with E-state index in [0.29, 0.717) is 5.02 Å². The van der Waals surface area contributed by atoms with E-state index in [1.165, 1.54) is 12.1 Å². The molecule has 1 atom stereocenters. The summed E-state index contributed by atoms with van der Waals surface area (Å²) in [5.74, 6) is 0.275. The van der Waals surface area contributed by atoms with Crippen molar-refractivity contribution in [3.05, 3.63) is 29.3 Å². The first-order valence-electron chi connectivity index (χ1n) is 3.46. The van der Waals surface area contributed by atoms with Crippen LogP contribution in [0.15, 0.2) is 24.3 Å². The quantitative estimate of drug-likeness (QED) is 0.815. The van der Waals surface area contributed by atoms with Gasteiger partial charge in [-0.15, -0.1) is 0 Å². The van der Waals surface area contributed by atoms with Crippen molar-refractivity contribution in [1.29, 1.82) is 0 Å². The minimum Gasteiger partial charge on any atom is -0.331 e. The van der Waals surface area contributed by atoms with Crippen LogP contribution in [0.1, 0.15) is 0 Å². The van der Waals surface area contributed by atoms with Crippen molar-refractivity contribution >= 4 is 25.9 Å². The Kier molecular flexibility index (Phi) is 3.68. The van der Waals surface area contributed by atoms with E-state index in [9.17, 15) is 9.36 Å². The molecule has 14 heavy (non-hydrogen) atoms. The third-order valence-electron chi connectivity index (χ3n) is 1.16. The van der Waals surface area contributed by atoms with Gasteiger partial charge < -0.3 is 5.73 Å². The molecule has 5 nitrogen and oxygen atoms in total. The molecule has 7 heteroatoms. The second-order valence-electron chi connectivity index (χ2n) is 2.18. The molecule has 1 unspecified atom stereocenters. The van der Waals surface area contributed by atoms with E-state index in [1.807, 2.05) is 0 Å². The standard InChI is InChI=1S/C7H5ClNO4P/c8-5-1-3-6(4-2-5)12-14(11)13-7(9)10/h1-4H,(H-,9,10)/p+1. The first-order valence-corrected chi connectivity index (χ1v) is 4.93. The maximum atomic E-state index is 10.9. The Morgan fingerprint density at radius 1 is 1.36 bits per heavy atom. The smallest absolute Gasteiger partial charge is 0.331 e. The van der Waals surface area contributed by atoms with E-state index in [0.717, 1.165) is 0 Å². The summed E-state index contributed by atoms with van der Waals surface area (Å²) in [6.07, 6.45) is -1.15. The van der Waals surface area contributed by atoms with Crippen LogP contribution < -0.4 is 10.3 Å². The van der Waals surface area contributed by atoms with Crippen LogP contribution in [-0.4, -0.2) is 6.09 Å². The molecule has 0 saturated carbocycles. The molecule has 0 heterocycles. The Morgan fingerprint density at radius 2 is 1.93 bits per heavy atom.